The van der Waals surface area contributed by atoms with Crippen molar-refractivity contribution in [1.82, 2.24) is 9.88 Å². The van der Waals surface area contributed by atoms with Gasteiger partial charge >= 0.3 is 6.18 Å². The minimum Gasteiger partial charge on any atom is -0.373 e. The molecule has 2 aliphatic rings. The van der Waals surface area contributed by atoms with E-state index >= 15 is 0 Å². The van der Waals surface area contributed by atoms with Crippen LogP contribution in [0.2, 0.25) is 0 Å². The van der Waals surface area contributed by atoms with Gasteiger partial charge in [-0.3, -0.25) is 9.88 Å². The van der Waals surface area contributed by atoms with Crippen molar-refractivity contribution in [3.8, 4) is 0 Å². The number of alkyl halides is 3. The molecule has 0 spiro atoms. The zero-order valence-electron chi connectivity index (χ0n) is 11.5. The van der Waals surface area contributed by atoms with Crippen molar-refractivity contribution in [2.45, 2.75) is 37.2 Å². The molecular weight excluding hydrogens is 283 g/mol. The first-order valence-electron chi connectivity index (χ1n) is 7.09. The summed E-state index contributed by atoms with van der Waals surface area (Å²) in [5.74, 6) is 0. The number of nitrogens with two attached hydrogens (primary N) is 1. The molecule has 1 aromatic heterocycles. The monoisotopic (exact) mass is 301 g/mol. The molecule has 0 bridgehead atoms. The van der Waals surface area contributed by atoms with Gasteiger partial charge in [0.25, 0.3) is 0 Å². The minimum absolute atomic E-state index is 0.00708. The third-order valence-electron chi connectivity index (χ3n) is 4.33. The summed E-state index contributed by atoms with van der Waals surface area (Å²) in [7, 11) is 0. The number of fused-ring (bicyclic) bond motifs is 1. The Morgan fingerprint density at radius 3 is 3.00 bits per heavy atom. The van der Waals surface area contributed by atoms with Gasteiger partial charge in [0.1, 0.15) is 0 Å². The Kier molecular flexibility index (Phi) is 3.90. The number of pyridine rings is 1. The first-order chi connectivity index (χ1) is 9.97. The molecule has 4 nitrogen and oxygen atoms in total. The van der Waals surface area contributed by atoms with E-state index in [4.69, 9.17) is 10.5 Å². The van der Waals surface area contributed by atoms with E-state index in [2.05, 4.69) is 9.88 Å². The molecule has 0 saturated carbocycles. The lowest BCUT2D eigenvalue weighted by molar-refractivity contribution is -0.139. The zero-order chi connectivity index (χ0) is 15.0. The highest BCUT2D eigenvalue weighted by Crippen LogP contribution is 2.36. The van der Waals surface area contributed by atoms with Gasteiger partial charge in [-0.25, -0.2) is 0 Å². The molecule has 3 unspecified atom stereocenters. The molecule has 2 saturated heterocycles. The van der Waals surface area contributed by atoms with E-state index in [1.165, 1.54) is 6.20 Å². The molecule has 1 aromatic rings. The Morgan fingerprint density at radius 2 is 2.24 bits per heavy atom. The van der Waals surface area contributed by atoms with Crippen LogP contribution in [0, 0.1) is 0 Å². The zero-order valence-corrected chi connectivity index (χ0v) is 11.5. The SMILES string of the molecule is NC(c1cnccc1C(F)(F)F)C1CN2CCCC2CO1. The summed E-state index contributed by atoms with van der Waals surface area (Å²) in [5, 5.41) is 0. The van der Waals surface area contributed by atoms with Gasteiger partial charge in [0, 0.05) is 30.5 Å². The highest BCUT2D eigenvalue weighted by molar-refractivity contribution is 5.30. The van der Waals surface area contributed by atoms with Crippen LogP contribution in [0.4, 0.5) is 13.2 Å². The topological polar surface area (TPSA) is 51.4 Å². The van der Waals surface area contributed by atoms with Crippen LogP contribution in [0.5, 0.6) is 0 Å². The Labute approximate surface area is 121 Å². The van der Waals surface area contributed by atoms with E-state index in [1.807, 2.05) is 0 Å². The van der Waals surface area contributed by atoms with Crippen LogP contribution in [0.3, 0.4) is 0 Å². The smallest absolute Gasteiger partial charge is 0.373 e. The predicted molar refractivity (Wildman–Crippen MR) is 70.5 cm³/mol. The summed E-state index contributed by atoms with van der Waals surface area (Å²) in [6.07, 6.45) is -0.325. The third kappa shape index (κ3) is 2.90. The average molecular weight is 301 g/mol. The molecule has 2 N–H and O–H groups in total. The van der Waals surface area contributed by atoms with Gasteiger partial charge in [0.2, 0.25) is 0 Å². The van der Waals surface area contributed by atoms with E-state index in [-0.39, 0.29) is 5.56 Å². The number of rotatable bonds is 2. The molecule has 21 heavy (non-hydrogen) atoms. The van der Waals surface area contributed by atoms with Gasteiger partial charge in [-0.1, -0.05) is 0 Å². The molecule has 2 aliphatic heterocycles. The maximum absolute atomic E-state index is 13.1. The van der Waals surface area contributed by atoms with Crippen molar-refractivity contribution >= 4 is 0 Å². The van der Waals surface area contributed by atoms with Crippen LogP contribution in [-0.4, -0.2) is 41.7 Å². The molecular formula is C14H18F3N3O. The van der Waals surface area contributed by atoms with E-state index in [9.17, 15) is 13.2 Å². The summed E-state index contributed by atoms with van der Waals surface area (Å²) in [4.78, 5) is 6.05. The molecule has 0 aliphatic carbocycles. The van der Waals surface area contributed by atoms with Crippen molar-refractivity contribution in [2.75, 3.05) is 19.7 Å². The molecule has 3 atom stereocenters. The van der Waals surface area contributed by atoms with Crippen molar-refractivity contribution in [2.24, 2.45) is 5.73 Å². The van der Waals surface area contributed by atoms with Crippen molar-refractivity contribution < 1.29 is 17.9 Å². The Hall–Kier alpha value is -1.18. The quantitative estimate of drug-likeness (QED) is 0.907. The van der Waals surface area contributed by atoms with Gasteiger partial charge in [-0.05, 0) is 25.5 Å². The summed E-state index contributed by atoms with van der Waals surface area (Å²) in [6, 6.07) is 0.540. The van der Waals surface area contributed by atoms with E-state index in [0.717, 1.165) is 31.6 Å². The van der Waals surface area contributed by atoms with Crippen molar-refractivity contribution in [1.29, 1.82) is 0 Å². The molecule has 3 heterocycles. The molecule has 0 amide bonds. The standard InChI is InChI=1S/C14H18F3N3O/c15-14(16,17)11-3-4-19-6-10(11)13(18)12-7-20-5-1-2-9(20)8-21-12/h3-4,6,9,12-13H,1-2,5,7-8,18H2. The minimum atomic E-state index is -4.43. The molecule has 0 aromatic carbocycles. The van der Waals surface area contributed by atoms with Crippen LogP contribution in [0.1, 0.15) is 30.0 Å². The fourth-order valence-electron chi connectivity index (χ4n) is 3.19. The van der Waals surface area contributed by atoms with Crippen LogP contribution in [0.15, 0.2) is 18.5 Å². The number of aromatic nitrogens is 1. The lowest BCUT2D eigenvalue weighted by Crippen LogP contribution is -2.50. The summed E-state index contributed by atoms with van der Waals surface area (Å²) < 4.78 is 44.9. The first-order valence-corrected chi connectivity index (χ1v) is 7.09. The summed E-state index contributed by atoms with van der Waals surface area (Å²) in [6.45, 7) is 2.09. The summed E-state index contributed by atoms with van der Waals surface area (Å²) in [5.41, 5.74) is 5.34. The van der Waals surface area contributed by atoms with Gasteiger partial charge < -0.3 is 10.5 Å². The average Bonchev–Trinajstić information content (AvgIpc) is 2.93. The van der Waals surface area contributed by atoms with Crippen molar-refractivity contribution in [3.63, 3.8) is 0 Å². The number of morpholine rings is 1. The summed E-state index contributed by atoms with van der Waals surface area (Å²) >= 11 is 0. The second kappa shape index (κ2) is 5.55. The number of halogens is 3. The maximum atomic E-state index is 13.1. The second-order valence-corrected chi connectivity index (χ2v) is 5.65. The highest BCUT2D eigenvalue weighted by atomic mass is 19.4. The molecule has 3 rings (SSSR count). The number of ether oxygens (including phenoxy) is 1. The normalized spacial score (nSPS) is 28.4. The number of nitrogens with zero attached hydrogens (tertiary/aromatic N) is 2. The number of hydrogen-bond donors (Lipinski definition) is 1. The highest BCUT2D eigenvalue weighted by Gasteiger charge is 2.39. The Balaban J connectivity index is 1.81. The van der Waals surface area contributed by atoms with Crippen LogP contribution >= 0.6 is 0 Å². The van der Waals surface area contributed by atoms with Crippen LogP contribution < -0.4 is 5.73 Å². The van der Waals surface area contributed by atoms with Crippen LogP contribution in [0.25, 0.3) is 0 Å². The van der Waals surface area contributed by atoms with E-state index in [0.29, 0.717) is 19.2 Å². The second-order valence-electron chi connectivity index (χ2n) is 5.65. The number of hydrogen-bond acceptors (Lipinski definition) is 4. The Bertz CT molecular complexity index is 508. The van der Waals surface area contributed by atoms with Crippen molar-refractivity contribution in [3.05, 3.63) is 29.6 Å². The van der Waals surface area contributed by atoms with E-state index < -0.39 is 23.9 Å². The Morgan fingerprint density at radius 1 is 1.43 bits per heavy atom. The molecule has 0 radical (unpaired) electrons. The van der Waals surface area contributed by atoms with Gasteiger partial charge in [-0.2, -0.15) is 13.2 Å². The lowest BCUT2D eigenvalue weighted by atomic mass is 9.97. The molecule has 7 heteroatoms. The third-order valence-corrected chi connectivity index (χ3v) is 4.33. The lowest BCUT2D eigenvalue weighted by Gasteiger charge is -2.38. The maximum Gasteiger partial charge on any atom is 0.416 e. The fraction of sp³-hybridized carbons (Fsp3) is 0.643. The van der Waals surface area contributed by atoms with Gasteiger partial charge in [0.15, 0.2) is 0 Å². The molecule has 2 fully saturated rings. The fourth-order valence-corrected chi connectivity index (χ4v) is 3.19. The van der Waals surface area contributed by atoms with Gasteiger partial charge in [-0.15, -0.1) is 0 Å². The first kappa shape index (κ1) is 14.7. The van der Waals surface area contributed by atoms with Gasteiger partial charge in [0.05, 0.1) is 24.3 Å². The van der Waals surface area contributed by atoms with E-state index in [1.54, 1.807) is 0 Å². The predicted octanol–water partition coefficient (Wildman–Crippen LogP) is 1.96. The van der Waals surface area contributed by atoms with Crippen LogP contribution in [-0.2, 0) is 10.9 Å². The molecule has 116 valence electrons. The largest absolute Gasteiger partial charge is 0.416 e.